The molecule has 1 aromatic carbocycles. The van der Waals surface area contributed by atoms with Crippen LogP contribution in [0.5, 0.6) is 5.75 Å². The van der Waals surface area contributed by atoms with Crippen LogP contribution in [0.4, 0.5) is 4.39 Å². The molecule has 0 aliphatic carbocycles. The summed E-state index contributed by atoms with van der Waals surface area (Å²) in [5, 5.41) is 3.40. The summed E-state index contributed by atoms with van der Waals surface area (Å²) in [6.45, 7) is 6.86. The highest BCUT2D eigenvalue weighted by atomic mass is 35.5. The monoisotopic (exact) mass is 302 g/mol. The second-order valence-electron chi connectivity index (χ2n) is 5.75. The highest BCUT2D eigenvalue weighted by Crippen LogP contribution is 2.25. The lowest BCUT2D eigenvalue weighted by Crippen LogP contribution is -2.37. The van der Waals surface area contributed by atoms with Gasteiger partial charge in [0.2, 0.25) is 0 Å². The van der Waals surface area contributed by atoms with Crippen molar-refractivity contribution in [2.45, 2.75) is 13.3 Å². The molecule has 1 fully saturated rings. The Morgan fingerprint density at radius 1 is 1.40 bits per heavy atom. The molecule has 1 aliphatic rings. The molecule has 0 spiro atoms. The molecule has 5 heteroatoms. The summed E-state index contributed by atoms with van der Waals surface area (Å²) < 4.78 is 18.8. The van der Waals surface area contributed by atoms with E-state index >= 15 is 0 Å². The van der Waals surface area contributed by atoms with Crippen molar-refractivity contribution in [3.63, 3.8) is 0 Å². The van der Waals surface area contributed by atoms with Crippen LogP contribution < -0.4 is 10.1 Å². The topological polar surface area (TPSA) is 24.5 Å². The number of halogens is 2. The molecule has 1 aliphatic heterocycles. The number of nitrogens with zero attached hydrogens (tertiary/aromatic N) is 1. The van der Waals surface area contributed by atoms with Crippen molar-refractivity contribution in [3.8, 4) is 5.75 Å². The molecule has 1 unspecified atom stereocenters. The fourth-order valence-corrected chi connectivity index (χ4v) is 2.61. The van der Waals surface area contributed by atoms with Crippen LogP contribution in [0.2, 0.25) is 0 Å². The van der Waals surface area contributed by atoms with Gasteiger partial charge in [-0.15, -0.1) is 12.4 Å². The van der Waals surface area contributed by atoms with E-state index < -0.39 is 0 Å². The second-order valence-corrected chi connectivity index (χ2v) is 5.75. The Morgan fingerprint density at radius 3 is 2.80 bits per heavy atom. The molecule has 114 valence electrons. The fraction of sp³-hybridized carbons (Fsp3) is 0.600. The van der Waals surface area contributed by atoms with Gasteiger partial charge in [0.25, 0.3) is 0 Å². The average Bonchev–Trinajstić information content (AvgIpc) is 2.78. The second kappa shape index (κ2) is 7.81. The maximum atomic E-state index is 13.4. The molecular formula is C15H24ClFN2O. The van der Waals surface area contributed by atoms with Gasteiger partial charge in [-0.1, -0.05) is 19.1 Å². The fourth-order valence-electron chi connectivity index (χ4n) is 2.61. The molecule has 0 bridgehead atoms. The Labute approximate surface area is 126 Å². The quantitative estimate of drug-likeness (QED) is 0.874. The number of benzene rings is 1. The molecular weight excluding hydrogens is 279 g/mol. The molecule has 20 heavy (non-hydrogen) atoms. The van der Waals surface area contributed by atoms with Crippen molar-refractivity contribution in [1.29, 1.82) is 0 Å². The molecule has 1 heterocycles. The van der Waals surface area contributed by atoms with Gasteiger partial charge < -0.3 is 15.0 Å². The Balaban J connectivity index is 0.00000200. The molecule has 0 amide bonds. The predicted octanol–water partition coefficient (Wildman–Crippen LogP) is 2.56. The highest BCUT2D eigenvalue weighted by Gasteiger charge is 2.29. The minimum Gasteiger partial charge on any atom is -0.489 e. The molecule has 0 saturated carbocycles. The van der Waals surface area contributed by atoms with Crippen LogP contribution >= 0.6 is 12.4 Å². The average molecular weight is 303 g/mol. The van der Waals surface area contributed by atoms with E-state index in [1.807, 2.05) is 0 Å². The van der Waals surface area contributed by atoms with Crippen LogP contribution in [-0.4, -0.2) is 44.7 Å². The molecule has 0 aromatic heterocycles. The normalized spacial score (nSPS) is 21.8. The van der Waals surface area contributed by atoms with Crippen LogP contribution in [0.3, 0.4) is 0 Å². The first-order valence-corrected chi connectivity index (χ1v) is 6.86. The van der Waals surface area contributed by atoms with Crippen molar-refractivity contribution < 1.29 is 9.13 Å². The van der Waals surface area contributed by atoms with E-state index in [9.17, 15) is 4.39 Å². The summed E-state index contributed by atoms with van der Waals surface area (Å²) in [4.78, 5) is 2.26. The Hall–Kier alpha value is -0.840. The summed E-state index contributed by atoms with van der Waals surface area (Å²) in [7, 11) is 2.09. The zero-order chi connectivity index (χ0) is 13.7. The van der Waals surface area contributed by atoms with Crippen LogP contribution in [0.25, 0.3) is 0 Å². The molecule has 3 nitrogen and oxygen atoms in total. The molecule has 2 rings (SSSR count). The van der Waals surface area contributed by atoms with Crippen molar-refractivity contribution in [3.05, 3.63) is 30.1 Å². The van der Waals surface area contributed by atoms with Gasteiger partial charge in [-0.25, -0.2) is 4.39 Å². The number of para-hydroxylation sites is 1. The summed E-state index contributed by atoms with van der Waals surface area (Å²) in [5.41, 5.74) is 0.354. The maximum Gasteiger partial charge on any atom is 0.165 e. The number of nitrogens with one attached hydrogen (secondary N) is 1. The van der Waals surface area contributed by atoms with Gasteiger partial charge in [0.15, 0.2) is 11.6 Å². The van der Waals surface area contributed by atoms with Gasteiger partial charge in [0.05, 0.1) is 0 Å². The van der Waals surface area contributed by atoms with Gasteiger partial charge in [0, 0.05) is 19.6 Å². The summed E-state index contributed by atoms with van der Waals surface area (Å²) >= 11 is 0. The summed E-state index contributed by atoms with van der Waals surface area (Å²) in [6, 6.07) is 6.54. The zero-order valence-electron chi connectivity index (χ0n) is 12.2. The number of likely N-dealkylation sites (N-methyl/N-ethyl adjacent to an activating group) is 1. The Bertz CT molecular complexity index is 411. The van der Waals surface area contributed by atoms with Crippen molar-refractivity contribution in [2.75, 3.05) is 39.8 Å². The first-order chi connectivity index (χ1) is 9.09. The van der Waals surface area contributed by atoms with Gasteiger partial charge in [-0.2, -0.15) is 0 Å². The van der Waals surface area contributed by atoms with Crippen molar-refractivity contribution >= 4 is 12.4 Å². The van der Waals surface area contributed by atoms with Gasteiger partial charge in [-0.3, -0.25) is 0 Å². The van der Waals surface area contributed by atoms with Gasteiger partial charge in [0.1, 0.15) is 6.61 Å². The van der Waals surface area contributed by atoms with Crippen LogP contribution in [-0.2, 0) is 0 Å². The minimum atomic E-state index is -0.294. The standard InChI is InChI=1S/C15H23FN2O.ClH/c1-15(7-8-17-11-15)12-18(2)9-10-19-14-6-4-3-5-13(14)16;/h3-6,17H,7-12H2,1-2H3;1H. The third-order valence-electron chi connectivity index (χ3n) is 3.68. The number of hydrogen-bond acceptors (Lipinski definition) is 3. The number of rotatable bonds is 6. The highest BCUT2D eigenvalue weighted by molar-refractivity contribution is 5.85. The van der Waals surface area contributed by atoms with Crippen molar-refractivity contribution in [1.82, 2.24) is 10.2 Å². The van der Waals surface area contributed by atoms with Crippen molar-refractivity contribution in [2.24, 2.45) is 5.41 Å². The lowest BCUT2D eigenvalue weighted by molar-refractivity contribution is 0.175. The van der Waals surface area contributed by atoms with E-state index in [4.69, 9.17) is 4.74 Å². The Kier molecular flexibility index (Phi) is 6.72. The molecule has 1 saturated heterocycles. The SMILES string of the molecule is CN(CCOc1ccccc1F)CC1(C)CCNC1.Cl. The van der Waals surface area contributed by atoms with E-state index in [2.05, 4.69) is 24.2 Å². The lowest BCUT2D eigenvalue weighted by atomic mass is 9.89. The minimum absolute atomic E-state index is 0. The maximum absolute atomic E-state index is 13.4. The first kappa shape index (κ1) is 17.2. The molecule has 0 radical (unpaired) electrons. The van der Waals surface area contributed by atoms with Crippen LogP contribution in [0.15, 0.2) is 24.3 Å². The predicted molar refractivity (Wildman–Crippen MR) is 82.2 cm³/mol. The van der Waals surface area contributed by atoms with E-state index in [0.717, 1.165) is 26.2 Å². The lowest BCUT2D eigenvalue weighted by Gasteiger charge is -2.29. The van der Waals surface area contributed by atoms with E-state index in [1.165, 1.54) is 12.5 Å². The largest absolute Gasteiger partial charge is 0.489 e. The first-order valence-electron chi connectivity index (χ1n) is 6.86. The molecule has 1 atom stereocenters. The summed E-state index contributed by atoms with van der Waals surface area (Å²) in [5.74, 6) is 0.0433. The van der Waals surface area contributed by atoms with Gasteiger partial charge >= 0.3 is 0 Å². The molecule has 1 N–H and O–H groups in total. The van der Waals surface area contributed by atoms with E-state index in [0.29, 0.717) is 17.8 Å². The Morgan fingerprint density at radius 2 is 2.15 bits per heavy atom. The smallest absolute Gasteiger partial charge is 0.165 e. The van der Waals surface area contributed by atoms with E-state index in [-0.39, 0.29) is 18.2 Å². The number of ether oxygens (including phenoxy) is 1. The third kappa shape index (κ3) is 4.93. The summed E-state index contributed by atoms with van der Waals surface area (Å²) in [6.07, 6.45) is 1.21. The van der Waals surface area contributed by atoms with Gasteiger partial charge in [-0.05, 0) is 37.6 Å². The number of hydrogen-bond donors (Lipinski definition) is 1. The van der Waals surface area contributed by atoms with Crippen LogP contribution in [0, 0.1) is 11.2 Å². The van der Waals surface area contributed by atoms with Crippen LogP contribution in [0.1, 0.15) is 13.3 Å². The third-order valence-corrected chi connectivity index (χ3v) is 3.68. The van der Waals surface area contributed by atoms with E-state index in [1.54, 1.807) is 18.2 Å². The molecule has 1 aromatic rings. The zero-order valence-corrected chi connectivity index (χ0v) is 13.0.